The molecule has 1 amide bonds. The number of carbonyl (C=O) groups excluding carboxylic acids is 1. The molecule has 1 saturated heterocycles. The molecule has 2 heterocycles. The fourth-order valence-corrected chi connectivity index (χ4v) is 4.47. The van der Waals surface area contributed by atoms with Crippen LogP contribution in [0.15, 0.2) is 63.3 Å². The number of piperazine rings is 1. The van der Waals surface area contributed by atoms with Gasteiger partial charge in [0, 0.05) is 48.0 Å². The molecule has 0 bridgehead atoms. The maximum Gasteiger partial charge on any atom is 0.222 e. The zero-order valence-corrected chi connectivity index (χ0v) is 15.8. The van der Waals surface area contributed by atoms with E-state index in [-0.39, 0.29) is 5.91 Å². The van der Waals surface area contributed by atoms with E-state index >= 15 is 0 Å². The first-order valence-electron chi connectivity index (χ1n) is 9.24. The summed E-state index contributed by atoms with van der Waals surface area (Å²) in [6.45, 7) is 5.26. The van der Waals surface area contributed by atoms with Gasteiger partial charge < -0.3 is 9.80 Å². The average molecular weight is 366 g/mol. The van der Waals surface area contributed by atoms with Gasteiger partial charge in [-0.15, -0.1) is 0 Å². The molecule has 0 N–H and O–H groups in total. The first-order chi connectivity index (χ1) is 12.8. The summed E-state index contributed by atoms with van der Waals surface area (Å²) >= 11 is 1.78. The Bertz CT molecular complexity index is 841. The summed E-state index contributed by atoms with van der Waals surface area (Å²) < 4.78 is 0. The molecule has 0 radical (unpaired) electrons. The minimum absolute atomic E-state index is 0.274. The number of hydrogen-bond acceptors (Lipinski definition) is 4. The predicted octanol–water partition coefficient (Wildman–Crippen LogP) is 4.17. The van der Waals surface area contributed by atoms with Gasteiger partial charge in [-0.05, 0) is 24.6 Å². The minimum atomic E-state index is 0.274. The van der Waals surface area contributed by atoms with Crippen molar-refractivity contribution in [2.75, 3.05) is 26.2 Å². The van der Waals surface area contributed by atoms with Crippen LogP contribution in [0.4, 0.5) is 5.69 Å². The van der Waals surface area contributed by atoms with Gasteiger partial charge in [-0.2, -0.15) is 0 Å². The summed E-state index contributed by atoms with van der Waals surface area (Å²) in [6, 6.07) is 16.8. The quantitative estimate of drug-likeness (QED) is 0.801. The number of amides is 1. The number of amidine groups is 1. The van der Waals surface area contributed by atoms with Crippen molar-refractivity contribution in [3.63, 3.8) is 0 Å². The molecule has 1 fully saturated rings. The molecule has 2 aliphatic rings. The maximum absolute atomic E-state index is 12.2. The number of fused-ring (bicyclic) bond motifs is 2. The molecule has 26 heavy (non-hydrogen) atoms. The number of nitrogens with zero attached hydrogens (tertiary/aromatic N) is 3. The third-order valence-electron chi connectivity index (χ3n) is 4.84. The standard InChI is InChI=1S/C21H23N3OS/c1-2-7-20(25)23-12-14-24(15-13-23)21-16-8-3-5-10-18(16)26-19-11-6-4-9-17(19)22-21/h3-6,8-11H,2,7,12-15H2,1H3. The lowest BCUT2D eigenvalue weighted by atomic mass is 10.1. The van der Waals surface area contributed by atoms with Crippen LogP contribution in [0.3, 0.4) is 0 Å². The Morgan fingerprint density at radius 3 is 2.46 bits per heavy atom. The molecule has 4 nitrogen and oxygen atoms in total. The van der Waals surface area contributed by atoms with Gasteiger partial charge >= 0.3 is 0 Å². The number of aliphatic imine (C=N–C) groups is 1. The molecule has 0 atom stereocenters. The van der Waals surface area contributed by atoms with Crippen molar-refractivity contribution in [3.8, 4) is 0 Å². The second-order valence-corrected chi connectivity index (χ2v) is 7.70. The second-order valence-electron chi connectivity index (χ2n) is 6.62. The van der Waals surface area contributed by atoms with E-state index < -0.39 is 0 Å². The van der Waals surface area contributed by atoms with E-state index in [2.05, 4.69) is 54.3 Å². The molecule has 0 spiro atoms. The van der Waals surface area contributed by atoms with Gasteiger partial charge in [-0.1, -0.05) is 49.0 Å². The highest BCUT2D eigenvalue weighted by molar-refractivity contribution is 7.99. The normalized spacial score (nSPS) is 16.4. The summed E-state index contributed by atoms with van der Waals surface area (Å²) in [4.78, 5) is 23.9. The number of para-hydroxylation sites is 1. The van der Waals surface area contributed by atoms with Gasteiger partial charge in [0.1, 0.15) is 5.84 Å². The number of carbonyl (C=O) groups is 1. The highest BCUT2D eigenvalue weighted by atomic mass is 32.2. The van der Waals surface area contributed by atoms with Crippen molar-refractivity contribution in [1.29, 1.82) is 0 Å². The van der Waals surface area contributed by atoms with E-state index in [1.807, 2.05) is 11.0 Å². The van der Waals surface area contributed by atoms with Crippen molar-refractivity contribution in [1.82, 2.24) is 9.80 Å². The van der Waals surface area contributed by atoms with E-state index in [1.54, 1.807) is 11.8 Å². The van der Waals surface area contributed by atoms with Crippen LogP contribution in [0, 0.1) is 0 Å². The summed E-state index contributed by atoms with van der Waals surface area (Å²) in [6.07, 6.45) is 1.56. The molecule has 0 aromatic heterocycles. The highest BCUT2D eigenvalue weighted by Crippen LogP contribution is 2.40. The fraction of sp³-hybridized carbons (Fsp3) is 0.333. The van der Waals surface area contributed by atoms with Crippen LogP contribution >= 0.6 is 11.8 Å². The molecule has 0 aliphatic carbocycles. The molecule has 0 saturated carbocycles. The second kappa shape index (κ2) is 7.54. The lowest BCUT2D eigenvalue weighted by Gasteiger charge is -2.36. The zero-order valence-electron chi connectivity index (χ0n) is 15.0. The van der Waals surface area contributed by atoms with Crippen LogP contribution in [0.2, 0.25) is 0 Å². The minimum Gasteiger partial charge on any atom is -0.353 e. The molecule has 0 unspecified atom stereocenters. The molecule has 2 aromatic rings. The third kappa shape index (κ3) is 3.36. The summed E-state index contributed by atoms with van der Waals surface area (Å²) in [7, 11) is 0. The fourth-order valence-electron chi connectivity index (χ4n) is 3.45. The van der Waals surface area contributed by atoms with Gasteiger partial charge in [0.2, 0.25) is 5.91 Å². The average Bonchev–Trinajstić information content (AvgIpc) is 2.85. The Morgan fingerprint density at radius 1 is 1.00 bits per heavy atom. The molecule has 5 heteroatoms. The van der Waals surface area contributed by atoms with E-state index in [0.717, 1.165) is 44.1 Å². The molecular formula is C21H23N3OS. The van der Waals surface area contributed by atoms with Gasteiger partial charge in [0.05, 0.1) is 5.69 Å². The van der Waals surface area contributed by atoms with Crippen molar-refractivity contribution in [3.05, 3.63) is 54.1 Å². The smallest absolute Gasteiger partial charge is 0.222 e. The molecule has 2 aliphatic heterocycles. The Hall–Kier alpha value is -2.27. The summed E-state index contributed by atoms with van der Waals surface area (Å²) in [5.74, 6) is 1.30. The van der Waals surface area contributed by atoms with Crippen molar-refractivity contribution in [2.45, 2.75) is 29.6 Å². The first-order valence-corrected chi connectivity index (χ1v) is 10.1. The largest absolute Gasteiger partial charge is 0.353 e. The summed E-state index contributed by atoms with van der Waals surface area (Å²) in [5, 5.41) is 0. The molecule has 2 aromatic carbocycles. The van der Waals surface area contributed by atoms with Crippen LogP contribution in [0.1, 0.15) is 25.3 Å². The van der Waals surface area contributed by atoms with E-state index in [0.29, 0.717) is 6.42 Å². The van der Waals surface area contributed by atoms with E-state index in [4.69, 9.17) is 4.99 Å². The van der Waals surface area contributed by atoms with Crippen molar-refractivity contribution in [2.24, 2.45) is 4.99 Å². The number of hydrogen-bond donors (Lipinski definition) is 0. The third-order valence-corrected chi connectivity index (χ3v) is 5.98. The van der Waals surface area contributed by atoms with Crippen LogP contribution in [0.5, 0.6) is 0 Å². The van der Waals surface area contributed by atoms with Gasteiger partial charge in [-0.25, -0.2) is 4.99 Å². The first kappa shape index (κ1) is 17.2. The SMILES string of the molecule is CCCC(=O)N1CCN(C2=Nc3ccccc3Sc3ccccc32)CC1. The van der Waals surface area contributed by atoms with Crippen LogP contribution in [-0.2, 0) is 4.79 Å². The van der Waals surface area contributed by atoms with Crippen molar-refractivity contribution >= 4 is 29.2 Å². The highest BCUT2D eigenvalue weighted by Gasteiger charge is 2.26. The predicted molar refractivity (Wildman–Crippen MR) is 106 cm³/mol. The van der Waals surface area contributed by atoms with Gasteiger partial charge in [0.25, 0.3) is 0 Å². The van der Waals surface area contributed by atoms with Crippen LogP contribution in [0.25, 0.3) is 0 Å². The van der Waals surface area contributed by atoms with E-state index in [1.165, 1.54) is 15.4 Å². The molecular weight excluding hydrogens is 342 g/mol. The topological polar surface area (TPSA) is 35.9 Å². The lowest BCUT2D eigenvalue weighted by Crippen LogP contribution is -2.50. The Balaban J connectivity index is 1.63. The van der Waals surface area contributed by atoms with Gasteiger partial charge in [-0.3, -0.25) is 4.79 Å². The van der Waals surface area contributed by atoms with Gasteiger partial charge in [0.15, 0.2) is 0 Å². The number of benzene rings is 2. The van der Waals surface area contributed by atoms with Crippen LogP contribution in [-0.4, -0.2) is 47.7 Å². The monoisotopic (exact) mass is 365 g/mol. The van der Waals surface area contributed by atoms with E-state index in [9.17, 15) is 4.79 Å². The number of rotatable bonds is 2. The Kier molecular flexibility index (Phi) is 4.98. The molecule has 4 rings (SSSR count). The van der Waals surface area contributed by atoms with Crippen LogP contribution < -0.4 is 0 Å². The zero-order chi connectivity index (χ0) is 17.9. The summed E-state index contributed by atoms with van der Waals surface area (Å²) in [5.41, 5.74) is 2.20. The maximum atomic E-state index is 12.2. The molecule has 134 valence electrons. The Labute approximate surface area is 158 Å². The van der Waals surface area contributed by atoms with Crippen molar-refractivity contribution < 1.29 is 4.79 Å². The Morgan fingerprint density at radius 2 is 1.69 bits per heavy atom. The lowest BCUT2D eigenvalue weighted by molar-refractivity contribution is -0.132.